The third-order valence-corrected chi connectivity index (χ3v) is 4.36. The molecule has 0 aromatic heterocycles. The van der Waals surface area contributed by atoms with E-state index in [9.17, 15) is 4.79 Å². The molecule has 0 bridgehead atoms. The molecule has 0 N–H and O–H groups in total. The van der Waals surface area contributed by atoms with E-state index < -0.39 is 0 Å². The maximum atomic E-state index is 13.2. The molecule has 0 atom stereocenters. The Hall–Kier alpha value is -2.84. The molecular formula is C23H20ClNO. The van der Waals surface area contributed by atoms with Crippen LogP contribution in [0, 0.1) is 0 Å². The van der Waals surface area contributed by atoms with Gasteiger partial charge >= 0.3 is 0 Å². The van der Waals surface area contributed by atoms with Gasteiger partial charge in [0.15, 0.2) is 0 Å². The van der Waals surface area contributed by atoms with E-state index in [1.165, 1.54) is 0 Å². The number of carbonyl (C=O) groups excluding carboxylic acids is 1. The average Bonchev–Trinajstić information content (AvgIpc) is 2.69. The number of amides is 1. The summed E-state index contributed by atoms with van der Waals surface area (Å²) in [5.41, 5.74) is 3.62. The molecule has 3 rings (SSSR count). The first kappa shape index (κ1) is 18.0. The second-order valence-electron chi connectivity index (χ2n) is 6.12. The molecular weight excluding hydrogens is 342 g/mol. The molecule has 26 heavy (non-hydrogen) atoms. The number of carbonyl (C=O) groups is 1. The Labute approximate surface area is 159 Å². The molecule has 0 unspecified atom stereocenters. The second kappa shape index (κ2) is 8.50. The van der Waals surface area contributed by atoms with E-state index >= 15 is 0 Å². The predicted octanol–water partition coefficient (Wildman–Crippen LogP) is 5.54. The molecule has 130 valence electrons. The number of nitrogens with zero attached hydrogens (tertiary/aromatic N) is 1. The van der Waals surface area contributed by atoms with E-state index in [0.29, 0.717) is 17.1 Å². The van der Waals surface area contributed by atoms with Gasteiger partial charge in [-0.2, -0.15) is 0 Å². The lowest BCUT2D eigenvalue weighted by Gasteiger charge is -2.20. The van der Waals surface area contributed by atoms with Gasteiger partial charge < -0.3 is 4.90 Å². The molecule has 3 aromatic rings. The van der Waals surface area contributed by atoms with Gasteiger partial charge in [0.25, 0.3) is 5.91 Å². The second-order valence-corrected chi connectivity index (χ2v) is 6.56. The van der Waals surface area contributed by atoms with Crippen LogP contribution in [0.3, 0.4) is 0 Å². The van der Waals surface area contributed by atoms with E-state index in [4.69, 9.17) is 11.6 Å². The van der Waals surface area contributed by atoms with E-state index in [1.807, 2.05) is 98.1 Å². The van der Waals surface area contributed by atoms with Gasteiger partial charge in [-0.25, -0.2) is 0 Å². The van der Waals surface area contributed by atoms with Crippen molar-refractivity contribution in [2.45, 2.75) is 6.54 Å². The summed E-state index contributed by atoms with van der Waals surface area (Å²) in [4.78, 5) is 14.9. The van der Waals surface area contributed by atoms with Crippen LogP contribution in [0.15, 0.2) is 84.9 Å². The Morgan fingerprint density at radius 3 is 2.08 bits per heavy atom. The molecule has 1 amide bonds. The van der Waals surface area contributed by atoms with Crippen molar-refractivity contribution in [1.29, 1.82) is 0 Å². The maximum absolute atomic E-state index is 13.2. The number of hydrogen-bond donors (Lipinski definition) is 0. The molecule has 3 aromatic carbocycles. The molecule has 0 heterocycles. The fourth-order valence-electron chi connectivity index (χ4n) is 2.74. The third-order valence-electron chi connectivity index (χ3n) is 4.11. The Kier molecular flexibility index (Phi) is 5.88. The Bertz CT molecular complexity index is 887. The number of halogens is 1. The van der Waals surface area contributed by atoms with Crippen molar-refractivity contribution < 1.29 is 4.79 Å². The first-order valence-electron chi connectivity index (χ1n) is 8.45. The van der Waals surface area contributed by atoms with Crippen LogP contribution in [0.25, 0.3) is 11.6 Å². The fraction of sp³-hybridized carbons (Fsp3) is 0.0870. The minimum absolute atomic E-state index is 0.0185. The zero-order valence-corrected chi connectivity index (χ0v) is 15.4. The largest absolute Gasteiger partial charge is 0.337 e. The zero-order chi connectivity index (χ0) is 18.4. The number of rotatable bonds is 5. The topological polar surface area (TPSA) is 20.3 Å². The Morgan fingerprint density at radius 2 is 1.46 bits per heavy atom. The molecule has 2 nitrogen and oxygen atoms in total. The molecule has 0 saturated carbocycles. The highest BCUT2D eigenvalue weighted by atomic mass is 35.5. The summed E-state index contributed by atoms with van der Waals surface area (Å²) >= 11 is 5.94. The van der Waals surface area contributed by atoms with Crippen LogP contribution in [0.2, 0.25) is 5.02 Å². The van der Waals surface area contributed by atoms with Crippen molar-refractivity contribution >= 4 is 29.2 Å². The van der Waals surface area contributed by atoms with Crippen molar-refractivity contribution in [3.05, 3.63) is 107 Å². The monoisotopic (exact) mass is 361 g/mol. The summed E-state index contributed by atoms with van der Waals surface area (Å²) in [6.07, 6.45) is 1.94. The normalized spacial score (nSPS) is 11.2. The van der Waals surface area contributed by atoms with E-state index in [1.54, 1.807) is 4.90 Å². The molecule has 0 spiro atoms. The highest BCUT2D eigenvalue weighted by Gasteiger charge is 2.17. The Balaban J connectivity index is 1.89. The van der Waals surface area contributed by atoms with Crippen LogP contribution in [0.1, 0.15) is 16.7 Å². The zero-order valence-electron chi connectivity index (χ0n) is 14.6. The van der Waals surface area contributed by atoms with Crippen LogP contribution >= 0.6 is 11.6 Å². The maximum Gasteiger partial charge on any atom is 0.254 e. The van der Waals surface area contributed by atoms with Crippen LogP contribution in [-0.4, -0.2) is 17.9 Å². The molecule has 0 fully saturated rings. The molecule has 3 heteroatoms. The first-order chi connectivity index (χ1) is 12.6. The lowest BCUT2D eigenvalue weighted by Crippen LogP contribution is -2.27. The van der Waals surface area contributed by atoms with Crippen molar-refractivity contribution in [2.24, 2.45) is 0 Å². The molecule has 0 radical (unpaired) electrons. The first-order valence-corrected chi connectivity index (χ1v) is 8.83. The van der Waals surface area contributed by atoms with Crippen LogP contribution < -0.4 is 0 Å². The highest BCUT2D eigenvalue weighted by molar-refractivity contribution is 6.30. The number of likely N-dealkylation sites (N-methyl/N-ethyl adjacent to an activating group) is 1. The van der Waals surface area contributed by atoms with Gasteiger partial charge in [-0.3, -0.25) is 4.79 Å². The summed E-state index contributed by atoms with van der Waals surface area (Å²) in [6, 6.07) is 27.2. The van der Waals surface area contributed by atoms with Crippen molar-refractivity contribution in [3.63, 3.8) is 0 Å². The van der Waals surface area contributed by atoms with Crippen LogP contribution in [-0.2, 0) is 11.3 Å². The third kappa shape index (κ3) is 4.62. The van der Waals surface area contributed by atoms with Crippen molar-refractivity contribution in [3.8, 4) is 0 Å². The minimum atomic E-state index is -0.0185. The van der Waals surface area contributed by atoms with Gasteiger partial charge in [-0.15, -0.1) is 0 Å². The SMILES string of the molecule is CN(Cc1ccc(Cl)cc1)C(=O)/C(=C/c1ccccc1)c1ccccc1. The van der Waals surface area contributed by atoms with Gasteiger partial charge in [0.2, 0.25) is 0 Å². The molecule has 0 aliphatic carbocycles. The molecule has 0 aliphatic heterocycles. The van der Waals surface area contributed by atoms with E-state index in [0.717, 1.165) is 16.7 Å². The summed E-state index contributed by atoms with van der Waals surface area (Å²) in [5.74, 6) is -0.0185. The van der Waals surface area contributed by atoms with Gasteiger partial charge in [0.1, 0.15) is 0 Å². The Morgan fingerprint density at radius 1 is 0.885 bits per heavy atom. The van der Waals surface area contributed by atoms with Gasteiger partial charge in [-0.1, -0.05) is 84.4 Å². The number of hydrogen-bond acceptors (Lipinski definition) is 1. The van der Waals surface area contributed by atoms with Crippen molar-refractivity contribution in [2.75, 3.05) is 7.05 Å². The van der Waals surface area contributed by atoms with Crippen LogP contribution in [0.4, 0.5) is 0 Å². The summed E-state index contributed by atoms with van der Waals surface area (Å²) in [7, 11) is 1.82. The quantitative estimate of drug-likeness (QED) is 0.431. The minimum Gasteiger partial charge on any atom is -0.337 e. The van der Waals surface area contributed by atoms with Crippen molar-refractivity contribution in [1.82, 2.24) is 4.90 Å². The molecule has 0 aliphatic rings. The fourth-order valence-corrected chi connectivity index (χ4v) is 2.87. The van der Waals surface area contributed by atoms with E-state index in [-0.39, 0.29) is 5.91 Å². The van der Waals surface area contributed by atoms with Gasteiger partial charge in [0, 0.05) is 24.2 Å². The standard InChI is InChI=1S/C23H20ClNO/c1-25(17-19-12-14-21(24)15-13-19)23(26)22(20-10-6-3-7-11-20)16-18-8-4-2-5-9-18/h2-16H,17H2,1H3/b22-16+. The van der Waals surface area contributed by atoms with Gasteiger partial charge in [-0.05, 0) is 34.9 Å². The number of benzene rings is 3. The highest BCUT2D eigenvalue weighted by Crippen LogP contribution is 2.21. The lowest BCUT2D eigenvalue weighted by atomic mass is 10.0. The van der Waals surface area contributed by atoms with Gasteiger partial charge in [0.05, 0.1) is 0 Å². The summed E-state index contributed by atoms with van der Waals surface area (Å²) in [6.45, 7) is 0.523. The molecule has 0 saturated heterocycles. The summed E-state index contributed by atoms with van der Waals surface area (Å²) in [5, 5.41) is 0.691. The predicted molar refractivity (Wildman–Crippen MR) is 109 cm³/mol. The average molecular weight is 362 g/mol. The van der Waals surface area contributed by atoms with E-state index in [2.05, 4.69) is 0 Å². The summed E-state index contributed by atoms with van der Waals surface area (Å²) < 4.78 is 0. The van der Waals surface area contributed by atoms with Crippen LogP contribution in [0.5, 0.6) is 0 Å². The smallest absolute Gasteiger partial charge is 0.254 e. The lowest BCUT2D eigenvalue weighted by molar-refractivity contribution is -0.124.